The number of hydrogen-bond donors (Lipinski definition) is 0. The zero-order chi connectivity index (χ0) is 27.2. The second-order valence-corrected chi connectivity index (χ2v) is 9.31. The van der Waals surface area contributed by atoms with Crippen LogP contribution >= 0.6 is 0 Å². The van der Waals surface area contributed by atoms with E-state index in [9.17, 15) is 14.4 Å². The molecule has 0 aliphatic carbocycles. The van der Waals surface area contributed by atoms with Crippen molar-refractivity contribution in [3.63, 3.8) is 0 Å². The van der Waals surface area contributed by atoms with Gasteiger partial charge in [0, 0.05) is 23.1 Å². The molecule has 0 radical (unpaired) electrons. The van der Waals surface area contributed by atoms with Gasteiger partial charge < -0.3 is 18.6 Å². The summed E-state index contributed by atoms with van der Waals surface area (Å²) in [6.45, 7) is 6.34. The highest BCUT2D eigenvalue weighted by Gasteiger charge is 2.10. The molecule has 1 heterocycles. The first kappa shape index (κ1) is 28.7. The third-order valence-corrected chi connectivity index (χ3v) is 6.03. The van der Waals surface area contributed by atoms with Crippen LogP contribution in [0.2, 0.25) is 0 Å². The number of ether oxygens (including phenoxy) is 3. The van der Waals surface area contributed by atoms with E-state index in [-0.39, 0.29) is 5.97 Å². The van der Waals surface area contributed by atoms with Gasteiger partial charge in [-0.15, -0.1) is 0 Å². The predicted molar refractivity (Wildman–Crippen MR) is 147 cm³/mol. The van der Waals surface area contributed by atoms with E-state index in [2.05, 4.69) is 6.58 Å². The maximum Gasteiger partial charge on any atom is 0.343 e. The Morgan fingerprint density at radius 2 is 1.34 bits per heavy atom. The van der Waals surface area contributed by atoms with Crippen molar-refractivity contribution in [1.82, 2.24) is 0 Å². The van der Waals surface area contributed by atoms with Crippen molar-refractivity contribution in [1.29, 1.82) is 0 Å². The van der Waals surface area contributed by atoms with Crippen LogP contribution in [0.25, 0.3) is 11.0 Å². The average Bonchev–Trinajstić information content (AvgIpc) is 2.91. The van der Waals surface area contributed by atoms with Gasteiger partial charge in [0.1, 0.15) is 17.1 Å². The van der Waals surface area contributed by atoms with Crippen LogP contribution in [-0.4, -0.2) is 25.2 Å². The second kappa shape index (κ2) is 15.4. The first-order valence-corrected chi connectivity index (χ1v) is 13.2. The standard InChI is InChI=1S/C31H36O7/c1-23(2)30(33)36-21-11-9-7-5-3-4-6-8-10-20-35-26-16-13-25(14-17-26)31(34)37-27-18-12-24-15-19-29(32)38-28(24)22-27/h12-19,22H,1,3-11,20-21H2,2H3. The lowest BCUT2D eigenvalue weighted by molar-refractivity contribution is -0.139. The minimum Gasteiger partial charge on any atom is -0.494 e. The molecule has 0 aliphatic heterocycles. The maximum atomic E-state index is 12.5. The number of rotatable bonds is 16. The predicted octanol–water partition coefficient (Wildman–Crippen LogP) is 7.02. The highest BCUT2D eigenvalue weighted by molar-refractivity contribution is 5.91. The maximum absolute atomic E-state index is 12.5. The van der Waals surface area contributed by atoms with Gasteiger partial charge in [-0.25, -0.2) is 14.4 Å². The summed E-state index contributed by atoms with van der Waals surface area (Å²) in [5.41, 5.74) is 0.756. The van der Waals surface area contributed by atoms with Gasteiger partial charge in [-0.3, -0.25) is 0 Å². The van der Waals surface area contributed by atoms with Gasteiger partial charge in [-0.05, 0) is 62.2 Å². The van der Waals surface area contributed by atoms with Crippen molar-refractivity contribution in [3.05, 3.63) is 82.7 Å². The van der Waals surface area contributed by atoms with E-state index in [1.807, 2.05) is 0 Å². The number of hydrogen-bond acceptors (Lipinski definition) is 7. The molecule has 3 rings (SSSR count). The van der Waals surface area contributed by atoms with Crippen LogP contribution in [0.5, 0.6) is 11.5 Å². The summed E-state index contributed by atoms with van der Waals surface area (Å²) < 4.78 is 21.4. The number of unbranched alkanes of at least 4 members (excludes halogenated alkanes) is 8. The fourth-order valence-corrected chi connectivity index (χ4v) is 3.88. The zero-order valence-electron chi connectivity index (χ0n) is 22.0. The topological polar surface area (TPSA) is 92.0 Å². The number of fused-ring (bicyclic) bond motifs is 1. The molecule has 0 unspecified atom stereocenters. The van der Waals surface area contributed by atoms with E-state index in [1.54, 1.807) is 49.4 Å². The molecule has 7 heteroatoms. The van der Waals surface area contributed by atoms with E-state index in [4.69, 9.17) is 18.6 Å². The molecule has 0 fully saturated rings. The first-order chi connectivity index (χ1) is 18.4. The van der Waals surface area contributed by atoms with Crippen LogP contribution in [0.1, 0.15) is 75.1 Å². The number of carbonyl (C=O) groups excluding carboxylic acids is 2. The van der Waals surface area contributed by atoms with Gasteiger partial charge in [0.15, 0.2) is 0 Å². The molecular formula is C31H36O7. The van der Waals surface area contributed by atoms with Crippen LogP contribution < -0.4 is 15.1 Å². The van der Waals surface area contributed by atoms with Gasteiger partial charge >= 0.3 is 17.6 Å². The quantitative estimate of drug-likeness (QED) is 0.0659. The monoisotopic (exact) mass is 520 g/mol. The Kier molecular flexibility index (Phi) is 11.6. The van der Waals surface area contributed by atoms with Crippen LogP contribution in [0.4, 0.5) is 0 Å². The number of carbonyl (C=O) groups is 2. The SMILES string of the molecule is C=C(C)C(=O)OCCCCCCCCCCCOc1ccc(C(=O)Oc2ccc3ccc(=O)oc3c2)cc1. The molecule has 0 saturated carbocycles. The molecular weight excluding hydrogens is 484 g/mol. The lowest BCUT2D eigenvalue weighted by Gasteiger charge is -2.08. The molecule has 7 nitrogen and oxygen atoms in total. The number of esters is 2. The van der Waals surface area contributed by atoms with E-state index in [0.717, 1.165) is 37.5 Å². The molecule has 2 aromatic carbocycles. The second-order valence-electron chi connectivity index (χ2n) is 9.31. The van der Waals surface area contributed by atoms with Crippen molar-refractivity contribution >= 4 is 22.9 Å². The molecule has 3 aromatic rings. The molecule has 202 valence electrons. The lowest BCUT2D eigenvalue weighted by atomic mass is 10.1. The Morgan fingerprint density at radius 3 is 2.00 bits per heavy atom. The van der Waals surface area contributed by atoms with Crippen molar-refractivity contribution in [2.75, 3.05) is 13.2 Å². The van der Waals surface area contributed by atoms with Crippen LogP contribution in [0.3, 0.4) is 0 Å². The van der Waals surface area contributed by atoms with Gasteiger partial charge in [0.25, 0.3) is 0 Å². The summed E-state index contributed by atoms with van der Waals surface area (Å²) in [7, 11) is 0. The smallest absolute Gasteiger partial charge is 0.343 e. The average molecular weight is 521 g/mol. The van der Waals surface area contributed by atoms with Gasteiger partial charge in [0.05, 0.1) is 18.8 Å². The van der Waals surface area contributed by atoms with Crippen molar-refractivity contribution < 1.29 is 28.2 Å². The highest BCUT2D eigenvalue weighted by Crippen LogP contribution is 2.21. The third-order valence-electron chi connectivity index (χ3n) is 6.03. The highest BCUT2D eigenvalue weighted by atomic mass is 16.5. The lowest BCUT2D eigenvalue weighted by Crippen LogP contribution is -2.08. The van der Waals surface area contributed by atoms with Gasteiger partial charge in [0.2, 0.25) is 0 Å². The van der Waals surface area contributed by atoms with E-state index >= 15 is 0 Å². The summed E-state index contributed by atoms with van der Waals surface area (Å²) >= 11 is 0. The third kappa shape index (κ3) is 9.88. The molecule has 0 atom stereocenters. The number of benzene rings is 2. The Labute approximate surface area is 223 Å². The fourth-order valence-electron chi connectivity index (χ4n) is 3.88. The van der Waals surface area contributed by atoms with Crippen LogP contribution in [0, 0.1) is 0 Å². The Hall–Kier alpha value is -3.87. The van der Waals surface area contributed by atoms with Crippen LogP contribution in [0.15, 0.2) is 76.0 Å². The van der Waals surface area contributed by atoms with Crippen LogP contribution in [-0.2, 0) is 9.53 Å². The molecule has 38 heavy (non-hydrogen) atoms. The summed E-state index contributed by atoms with van der Waals surface area (Å²) in [5, 5.41) is 0.748. The first-order valence-electron chi connectivity index (χ1n) is 13.2. The Bertz CT molecular complexity index is 1260. The van der Waals surface area contributed by atoms with Crippen molar-refractivity contribution in [2.45, 2.75) is 64.7 Å². The van der Waals surface area contributed by atoms with E-state index in [0.29, 0.717) is 41.4 Å². The normalized spacial score (nSPS) is 10.8. The summed E-state index contributed by atoms with van der Waals surface area (Å²) in [6, 6.07) is 14.8. The summed E-state index contributed by atoms with van der Waals surface area (Å²) in [5.74, 6) is 0.213. The van der Waals surface area contributed by atoms with Crippen molar-refractivity contribution in [3.8, 4) is 11.5 Å². The van der Waals surface area contributed by atoms with Gasteiger partial charge in [-0.1, -0.05) is 51.5 Å². The van der Waals surface area contributed by atoms with Crippen molar-refractivity contribution in [2.24, 2.45) is 0 Å². The Morgan fingerprint density at radius 1 is 0.763 bits per heavy atom. The molecule has 0 spiro atoms. The van der Waals surface area contributed by atoms with E-state index < -0.39 is 11.6 Å². The molecule has 1 aromatic heterocycles. The Balaban J connectivity index is 1.24. The molecule has 0 saturated heterocycles. The summed E-state index contributed by atoms with van der Waals surface area (Å²) in [6.07, 6.45) is 10.1. The zero-order valence-corrected chi connectivity index (χ0v) is 22.0. The molecule has 0 bridgehead atoms. The minimum absolute atomic E-state index is 0.303. The fraction of sp³-hybridized carbons (Fsp3) is 0.387. The van der Waals surface area contributed by atoms with E-state index in [1.165, 1.54) is 37.8 Å². The minimum atomic E-state index is -0.500. The largest absolute Gasteiger partial charge is 0.494 e. The molecule has 0 amide bonds. The molecule has 0 N–H and O–H groups in total. The summed E-state index contributed by atoms with van der Waals surface area (Å²) in [4.78, 5) is 35.2. The van der Waals surface area contributed by atoms with Gasteiger partial charge in [-0.2, -0.15) is 0 Å². The molecule has 0 aliphatic rings.